The van der Waals surface area contributed by atoms with E-state index >= 15 is 0 Å². The van der Waals surface area contributed by atoms with Crippen LogP contribution in [0.4, 0.5) is 24.5 Å². The summed E-state index contributed by atoms with van der Waals surface area (Å²) >= 11 is 1.37. The van der Waals surface area contributed by atoms with Crippen molar-refractivity contribution in [3.8, 4) is 0 Å². The molecule has 4 nitrogen and oxygen atoms in total. The Kier molecular flexibility index (Phi) is 6.40. The summed E-state index contributed by atoms with van der Waals surface area (Å²) in [4.78, 5) is 10.6. The van der Waals surface area contributed by atoms with E-state index in [0.717, 1.165) is 36.6 Å². The van der Waals surface area contributed by atoms with Crippen LogP contribution in [-0.2, 0) is 6.18 Å². The van der Waals surface area contributed by atoms with Gasteiger partial charge in [0, 0.05) is 63.8 Å². The van der Waals surface area contributed by atoms with Gasteiger partial charge in [0.25, 0.3) is 9.40 Å². The second-order valence-electron chi connectivity index (χ2n) is 7.39. The Hall–Kier alpha value is -1.46. The zero-order valence-corrected chi connectivity index (χ0v) is 19.4. The molecule has 0 aliphatic carbocycles. The minimum absolute atomic E-state index is 0. The van der Waals surface area contributed by atoms with Crippen LogP contribution < -0.4 is 33.8 Å². The standard InChI is InChI=1S/C20H22F3N4S.HI/c1-25(2)13-4-5-16-17(11-13)28-18-12-14(27-8-6-26(3)7-9-27)10-15(19(18)24-16)20(21,22)23;/h4-5,10-12H,6-9H2,1-3H3;1H/q+1;/p-1. The number of alkyl halides is 3. The van der Waals surface area contributed by atoms with Crippen LogP contribution in [0.1, 0.15) is 5.56 Å². The maximum atomic E-state index is 13.8. The Bertz CT molecular complexity index is 1030. The predicted octanol–water partition coefficient (Wildman–Crippen LogP) is 1.57. The zero-order valence-electron chi connectivity index (χ0n) is 16.4. The Morgan fingerprint density at radius 3 is 2.31 bits per heavy atom. The first-order valence-electron chi connectivity index (χ1n) is 9.12. The Labute approximate surface area is 188 Å². The van der Waals surface area contributed by atoms with E-state index in [0.29, 0.717) is 15.9 Å². The van der Waals surface area contributed by atoms with Crippen molar-refractivity contribution in [3.05, 3.63) is 35.9 Å². The molecule has 0 atom stereocenters. The normalized spacial score (nSPS) is 15.6. The third-order valence-electron chi connectivity index (χ3n) is 5.15. The number of anilines is 2. The molecule has 0 bridgehead atoms. The first-order chi connectivity index (χ1) is 13.2. The second kappa shape index (κ2) is 8.35. The molecule has 2 heterocycles. The summed E-state index contributed by atoms with van der Waals surface area (Å²) in [5.74, 6) is 0. The van der Waals surface area contributed by atoms with Crippen LogP contribution in [-0.4, -0.2) is 57.2 Å². The van der Waals surface area contributed by atoms with Crippen molar-refractivity contribution in [1.82, 2.24) is 9.88 Å². The van der Waals surface area contributed by atoms with Crippen molar-refractivity contribution in [2.24, 2.45) is 0 Å². The quantitative estimate of drug-likeness (QED) is 0.283. The Morgan fingerprint density at radius 1 is 1.00 bits per heavy atom. The molecule has 2 aromatic carbocycles. The van der Waals surface area contributed by atoms with Crippen LogP contribution in [0.2, 0.25) is 0 Å². The molecule has 9 heteroatoms. The molecule has 0 unspecified atom stereocenters. The lowest BCUT2D eigenvalue weighted by Crippen LogP contribution is -3.00. The van der Waals surface area contributed by atoms with Gasteiger partial charge >= 0.3 is 6.18 Å². The fourth-order valence-corrected chi connectivity index (χ4v) is 4.51. The molecule has 3 aromatic rings. The van der Waals surface area contributed by atoms with Crippen molar-refractivity contribution in [2.75, 3.05) is 57.1 Å². The van der Waals surface area contributed by atoms with Crippen molar-refractivity contribution in [1.29, 1.82) is 0 Å². The minimum atomic E-state index is -4.45. The van der Waals surface area contributed by atoms with Gasteiger partial charge in [-0.3, -0.25) is 0 Å². The molecule has 1 saturated heterocycles. The van der Waals surface area contributed by atoms with Gasteiger partial charge in [0.1, 0.15) is 11.0 Å². The van der Waals surface area contributed by atoms with Crippen molar-refractivity contribution in [3.63, 3.8) is 0 Å². The summed E-state index contributed by atoms with van der Waals surface area (Å²) < 4.78 is 42.9. The number of aromatic nitrogens is 1. The lowest BCUT2D eigenvalue weighted by molar-refractivity contribution is -0.136. The van der Waals surface area contributed by atoms with Gasteiger partial charge in [-0.2, -0.15) is 13.2 Å². The second-order valence-corrected chi connectivity index (χ2v) is 8.47. The highest BCUT2D eigenvalue weighted by Crippen LogP contribution is 2.40. The molecule has 1 fully saturated rings. The first kappa shape index (κ1) is 22.2. The van der Waals surface area contributed by atoms with Gasteiger partial charge in [-0.05, 0) is 25.2 Å². The summed E-state index contributed by atoms with van der Waals surface area (Å²) in [6.45, 7) is 3.11. The molecule has 4 rings (SSSR count). The SMILES string of the molecule is CN1CCN(c2cc(C(F)(F)F)c3nc4ccc(N(C)C)cc4[s+]c3c2)CC1.[I-]. The number of halogens is 4. The average Bonchev–Trinajstić information content (AvgIpc) is 2.64. The van der Waals surface area contributed by atoms with Crippen molar-refractivity contribution in [2.45, 2.75) is 6.18 Å². The van der Waals surface area contributed by atoms with E-state index in [1.165, 1.54) is 17.4 Å². The summed E-state index contributed by atoms with van der Waals surface area (Å²) in [6.07, 6.45) is -4.45. The Balaban J connectivity index is 0.00000240. The van der Waals surface area contributed by atoms with E-state index in [9.17, 15) is 13.2 Å². The highest BCUT2D eigenvalue weighted by atomic mass is 127. The third kappa shape index (κ3) is 4.51. The molecule has 0 saturated carbocycles. The van der Waals surface area contributed by atoms with E-state index in [2.05, 4.69) is 9.88 Å². The molecule has 0 radical (unpaired) electrons. The van der Waals surface area contributed by atoms with E-state index < -0.39 is 11.7 Å². The fraction of sp³-hybridized carbons (Fsp3) is 0.400. The van der Waals surface area contributed by atoms with Crippen LogP contribution in [0, 0.1) is 0 Å². The highest BCUT2D eigenvalue weighted by molar-refractivity contribution is 7.24. The summed E-state index contributed by atoms with van der Waals surface area (Å²) in [7, 11) is 5.90. The van der Waals surface area contributed by atoms with Gasteiger partial charge in [0.05, 0.1) is 5.56 Å². The first-order valence-corrected chi connectivity index (χ1v) is 9.94. The molecule has 1 aromatic heterocycles. The molecular weight excluding hydrogens is 512 g/mol. The number of rotatable bonds is 2. The van der Waals surface area contributed by atoms with Gasteiger partial charge < -0.3 is 38.7 Å². The number of fused-ring (bicyclic) bond motifs is 2. The van der Waals surface area contributed by atoms with Gasteiger partial charge in [0.2, 0.25) is 11.3 Å². The molecular formula is C20H22F3IN4S. The fourth-order valence-electron chi connectivity index (χ4n) is 3.44. The monoisotopic (exact) mass is 534 g/mol. The van der Waals surface area contributed by atoms with Crippen LogP contribution in [0.3, 0.4) is 0 Å². The van der Waals surface area contributed by atoms with Crippen LogP contribution in [0.5, 0.6) is 0 Å². The zero-order chi connectivity index (χ0) is 20.1. The van der Waals surface area contributed by atoms with Crippen LogP contribution in [0.25, 0.3) is 20.4 Å². The van der Waals surface area contributed by atoms with E-state index in [4.69, 9.17) is 0 Å². The largest absolute Gasteiger partial charge is 1.00 e. The number of hydrogen-bond donors (Lipinski definition) is 0. The van der Waals surface area contributed by atoms with Crippen LogP contribution >= 0.6 is 11.3 Å². The third-order valence-corrected chi connectivity index (χ3v) is 6.22. The number of benzene rings is 2. The molecule has 29 heavy (non-hydrogen) atoms. The topological polar surface area (TPSA) is 22.6 Å². The lowest BCUT2D eigenvalue weighted by Gasteiger charge is -2.34. The van der Waals surface area contributed by atoms with Gasteiger partial charge in [-0.15, -0.1) is 0 Å². The summed E-state index contributed by atoms with van der Waals surface area (Å²) in [5, 5.41) is 0. The average molecular weight is 534 g/mol. The van der Waals surface area contributed by atoms with E-state index in [-0.39, 0.29) is 29.5 Å². The maximum absolute atomic E-state index is 13.8. The van der Waals surface area contributed by atoms with Gasteiger partial charge in [0.15, 0.2) is 0 Å². The minimum Gasteiger partial charge on any atom is -1.00 e. The number of piperazine rings is 1. The molecule has 0 spiro atoms. The predicted molar refractivity (Wildman–Crippen MR) is 111 cm³/mol. The molecule has 0 N–H and O–H groups in total. The number of likely N-dealkylation sites (N-methyl/N-ethyl adjacent to an activating group) is 1. The van der Waals surface area contributed by atoms with Gasteiger partial charge in [-0.25, -0.2) is 4.98 Å². The molecule has 1 aliphatic heterocycles. The molecule has 156 valence electrons. The smallest absolute Gasteiger partial charge is 0.418 e. The maximum Gasteiger partial charge on any atom is 0.418 e. The highest BCUT2D eigenvalue weighted by Gasteiger charge is 2.36. The van der Waals surface area contributed by atoms with Crippen molar-refractivity contribution >= 4 is 43.1 Å². The van der Waals surface area contributed by atoms with Crippen molar-refractivity contribution < 1.29 is 37.1 Å². The number of hydrogen-bond acceptors (Lipinski definition) is 4. The van der Waals surface area contributed by atoms with E-state index in [1.54, 1.807) is 6.07 Å². The lowest BCUT2D eigenvalue weighted by atomic mass is 10.1. The Morgan fingerprint density at radius 2 is 1.69 bits per heavy atom. The molecule has 0 amide bonds. The van der Waals surface area contributed by atoms with E-state index in [1.807, 2.05) is 49.1 Å². The molecule has 1 aliphatic rings. The van der Waals surface area contributed by atoms with Crippen LogP contribution in [0.15, 0.2) is 30.3 Å². The summed E-state index contributed by atoms with van der Waals surface area (Å²) in [6, 6.07) is 8.75. The number of nitrogens with zero attached hydrogens (tertiary/aromatic N) is 4. The van der Waals surface area contributed by atoms with Gasteiger partial charge in [-0.1, -0.05) is 0 Å². The summed E-state index contributed by atoms with van der Waals surface area (Å²) in [5.41, 5.74) is 1.57.